The third kappa shape index (κ3) is 3.92. The lowest BCUT2D eigenvalue weighted by molar-refractivity contribution is 0.100. The van der Waals surface area contributed by atoms with Crippen molar-refractivity contribution in [2.24, 2.45) is 5.73 Å². The number of hydrogen-bond acceptors (Lipinski definition) is 7. The lowest BCUT2D eigenvalue weighted by atomic mass is 10.1. The molecule has 0 fully saturated rings. The van der Waals surface area contributed by atoms with Crippen molar-refractivity contribution in [2.45, 2.75) is 4.90 Å². The van der Waals surface area contributed by atoms with Crippen LogP contribution in [0.2, 0.25) is 0 Å². The minimum Gasteiger partial charge on any atom is -0.494 e. The first kappa shape index (κ1) is 20.3. The molecule has 10 heteroatoms. The lowest BCUT2D eigenvalue weighted by Gasteiger charge is -2.16. The van der Waals surface area contributed by atoms with Gasteiger partial charge in [0.25, 0.3) is 5.91 Å². The number of halogens is 1. The second-order valence-corrected chi connectivity index (χ2v) is 8.20. The van der Waals surface area contributed by atoms with E-state index in [9.17, 15) is 17.6 Å². The van der Waals surface area contributed by atoms with Gasteiger partial charge in [-0.05, 0) is 18.2 Å². The summed E-state index contributed by atoms with van der Waals surface area (Å²) in [5.41, 5.74) is 6.42. The molecule has 0 aliphatic heterocycles. The maximum Gasteiger partial charge on any atom is 0.252 e. The highest BCUT2D eigenvalue weighted by Gasteiger charge is 2.20. The zero-order valence-corrected chi connectivity index (χ0v) is 16.6. The van der Waals surface area contributed by atoms with Gasteiger partial charge in [0.2, 0.25) is 0 Å². The molecule has 0 saturated heterocycles. The molecule has 0 saturated carbocycles. The molecule has 29 heavy (non-hydrogen) atoms. The molecule has 0 spiro atoms. The van der Waals surface area contributed by atoms with Gasteiger partial charge in [0, 0.05) is 35.7 Å². The number of nitrogens with two attached hydrogens (primary N) is 1. The van der Waals surface area contributed by atoms with E-state index in [1.165, 1.54) is 50.7 Å². The number of benzene rings is 2. The van der Waals surface area contributed by atoms with Crippen LogP contribution >= 0.6 is 0 Å². The van der Waals surface area contributed by atoms with Crippen LogP contribution in [0.5, 0.6) is 11.5 Å². The van der Waals surface area contributed by atoms with Crippen molar-refractivity contribution in [3.05, 3.63) is 47.9 Å². The Hall–Kier alpha value is -3.40. The Labute approximate surface area is 166 Å². The summed E-state index contributed by atoms with van der Waals surface area (Å²) >= 11 is 0. The zero-order valence-electron chi connectivity index (χ0n) is 15.8. The number of primary amides is 1. The number of fused-ring (bicyclic) bond motifs is 1. The van der Waals surface area contributed by atoms with Gasteiger partial charge in [0.05, 0.1) is 30.4 Å². The number of aromatic nitrogens is 1. The summed E-state index contributed by atoms with van der Waals surface area (Å²) < 4.78 is 48.2. The van der Waals surface area contributed by atoms with Gasteiger partial charge in [-0.2, -0.15) is 0 Å². The molecule has 0 bridgehead atoms. The normalized spacial score (nSPS) is 11.3. The van der Waals surface area contributed by atoms with Gasteiger partial charge in [-0.25, -0.2) is 12.8 Å². The highest BCUT2D eigenvalue weighted by molar-refractivity contribution is 7.90. The summed E-state index contributed by atoms with van der Waals surface area (Å²) in [6, 6.07) is 6.74. The Kier molecular flexibility index (Phi) is 5.29. The van der Waals surface area contributed by atoms with Crippen LogP contribution in [0.4, 0.5) is 15.8 Å². The van der Waals surface area contributed by atoms with Crippen molar-refractivity contribution < 1.29 is 27.1 Å². The molecular formula is C19H18FN3O5S. The van der Waals surface area contributed by atoms with E-state index in [4.69, 9.17) is 15.2 Å². The van der Waals surface area contributed by atoms with Gasteiger partial charge < -0.3 is 20.5 Å². The zero-order chi connectivity index (χ0) is 21.3. The number of rotatable bonds is 6. The van der Waals surface area contributed by atoms with Crippen LogP contribution < -0.4 is 20.5 Å². The van der Waals surface area contributed by atoms with Gasteiger partial charge >= 0.3 is 0 Å². The summed E-state index contributed by atoms with van der Waals surface area (Å²) in [4.78, 5) is 16.2. The number of nitrogens with one attached hydrogen (secondary N) is 1. The maximum atomic E-state index is 13.7. The molecule has 1 amide bonds. The number of sulfone groups is 1. The topological polar surface area (TPSA) is 121 Å². The first-order chi connectivity index (χ1) is 13.7. The molecule has 3 aromatic rings. The molecule has 0 aliphatic carbocycles. The molecule has 0 atom stereocenters. The van der Waals surface area contributed by atoms with E-state index in [0.717, 1.165) is 6.26 Å². The Morgan fingerprint density at radius 2 is 1.83 bits per heavy atom. The number of methoxy groups -OCH3 is 2. The van der Waals surface area contributed by atoms with Crippen LogP contribution in [0.1, 0.15) is 10.4 Å². The Bertz CT molecular complexity index is 1230. The second-order valence-electron chi connectivity index (χ2n) is 6.18. The van der Waals surface area contributed by atoms with E-state index in [-0.39, 0.29) is 27.6 Å². The van der Waals surface area contributed by atoms with Crippen molar-refractivity contribution in [1.29, 1.82) is 0 Å². The molecule has 1 heterocycles. The molecule has 1 aromatic heterocycles. The number of carbonyl (C=O) groups is 1. The van der Waals surface area contributed by atoms with Crippen LogP contribution in [-0.2, 0) is 9.84 Å². The van der Waals surface area contributed by atoms with E-state index in [0.29, 0.717) is 16.6 Å². The first-order valence-electron chi connectivity index (χ1n) is 8.27. The summed E-state index contributed by atoms with van der Waals surface area (Å²) in [5.74, 6) is -1.14. The van der Waals surface area contributed by atoms with Gasteiger partial charge in [0.1, 0.15) is 11.3 Å². The third-order valence-corrected chi connectivity index (χ3v) is 5.34. The molecule has 0 unspecified atom stereocenters. The molecule has 3 N–H and O–H groups in total. The predicted octanol–water partition coefficient (Wildman–Crippen LogP) is 2.64. The highest BCUT2D eigenvalue weighted by atomic mass is 32.2. The average molecular weight is 419 g/mol. The number of amides is 1. The molecule has 152 valence electrons. The van der Waals surface area contributed by atoms with Gasteiger partial charge in [-0.1, -0.05) is 0 Å². The van der Waals surface area contributed by atoms with Crippen molar-refractivity contribution in [3.8, 4) is 11.5 Å². The SMILES string of the molecule is COc1cc(Nc2c(C(N)=O)cnc3c(OC)cc(S(C)(=O)=O)cc23)ccc1F. The van der Waals surface area contributed by atoms with Gasteiger partial charge in [-0.15, -0.1) is 0 Å². The Balaban J connectivity index is 2.32. The van der Waals surface area contributed by atoms with E-state index in [2.05, 4.69) is 10.3 Å². The van der Waals surface area contributed by atoms with Crippen LogP contribution in [-0.4, -0.2) is 39.8 Å². The van der Waals surface area contributed by atoms with Crippen molar-refractivity contribution in [3.63, 3.8) is 0 Å². The third-order valence-electron chi connectivity index (χ3n) is 4.24. The lowest BCUT2D eigenvalue weighted by Crippen LogP contribution is -2.14. The molecule has 3 rings (SSSR count). The highest BCUT2D eigenvalue weighted by Crippen LogP contribution is 2.36. The molecule has 8 nitrogen and oxygen atoms in total. The largest absolute Gasteiger partial charge is 0.494 e. The summed E-state index contributed by atoms with van der Waals surface area (Å²) in [7, 11) is -0.888. The fourth-order valence-corrected chi connectivity index (χ4v) is 3.47. The van der Waals surface area contributed by atoms with Crippen LogP contribution in [0, 0.1) is 5.82 Å². The number of pyridine rings is 1. The van der Waals surface area contributed by atoms with Crippen LogP contribution in [0.3, 0.4) is 0 Å². The molecule has 0 radical (unpaired) electrons. The summed E-state index contributed by atoms with van der Waals surface area (Å²) in [5, 5.41) is 3.29. The molecule has 2 aromatic carbocycles. The monoisotopic (exact) mass is 419 g/mol. The van der Waals surface area contributed by atoms with Crippen LogP contribution in [0.25, 0.3) is 10.9 Å². The summed E-state index contributed by atoms with van der Waals surface area (Å²) in [6.07, 6.45) is 2.31. The molecular weight excluding hydrogens is 401 g/mol. The Morgan fingerprint density at radius 1 is 1.14 bits per heavy atom. The van der Waals surface area contributed by atoms with E-state index >= 15 is 0 Å². The van der Waals surface area contributed by atoms with Gasteiger partial charge in [0.15, 0.2) is 21.4 Å². The number of nitrogens with zero attached hydrogens (tertiary/aromatic N) is 1. The minimum absolute atomic E-state index is 0.0107. The second kappa shape index (κ2) is 7.55. The summed E-state index contributed by atoms with van der Waals surface area (Å²) in [6.45, 7) is 0. The number of ether oxygens (including phenoxy) is 2. The van der Waals surface area contributed by atoms with Crippen molar-refractivity contribution in [2.75, 3.05) is 25.8 Å². The number of carbonyl (C=O) groups excluding carboxylic acids is 1. The number of hydrogen-bond donors (Lipinski definition) is 2. The smallest absolute Gasteiger partial charge is 0.252 e. The van der Waals surface area contributed by atoms with Crippen molar-refractivity contribution in [1.82, 2.24) is 4.98 Å². The molecule has 0 aliphatic rings. The van der Waals surface area contributed by atoms with E-state index < -0.39 is 21.6 Å². The fourth-order valence-electron chi connectivity index (χ4n) is 2.82. The Morgan fingerprint density at radius 3 is 2.41 bits per heavy atom. The standard InChI is InChI=1S/C19H18FN3O5S/c1-27-15-6-10(4-5-14(15)20)23-17-12-7-11(29(3,25)26)8-16(28-2)18(12)22-9-13(17)19(21)24/h4-9H,1-3H3,(H2,21,24)(H,22,23). The first-order valence-corrected chi connectivity index (χ1v) is 10.2. The predicted molar refractivity (Wildman–Crippen MR) is 106 cm³/mol. The minimum atomic E-state index is -3.59. The van der Waals surface area contributed by atoms with E-state index in [1.54, 1.807) is 0 Å². The van der Waals surface area contributed by atoms with E-state index in [1.807, 2.05) is 0 Å². The maximum absolute atomic E-state index is 13.7. The van der Waals surface area contributed by atoms with Crippen LogP contribution in [0.15, 0.2) is 41.4 Å². The van der Waals surface area contributed by atoms with Gasteiger partial charge in [-0.3, -0.25) is 9.78 Å². The van der Waals surface area contributed by atoms with Crippen molar-refractivity contribution >= 4 is 38.0 Å². The quantitative estimate of drug-likeness (QED) is 0.630. The fraction of sp³-hybridized carbons (Fsp3) is 0.158. The number of anilines is 2. The average Bonchev–Trinajstić information content (AvgIpc) is 2.67.